The van der Waals surface area contributed by atoms with Crippen LogP contribution in [0.1, 0.15) is 5.82 Å². The summed E-state index contributed by atoms with van der Waals surface area (Å²) in [5.74, 6) is 0.864. The summed E-state index contributed by atoms with van der Waals surface area (Å²) in [6.45, 7) is 2.08. The number of carbonyl (C=O) groups excluding carboxylic acids is 1. The summed E-state index contributed by atoms with van der Waals surface area (Å²) >= 11 is 0. The minimum absolute atomic E-state index is 0.587. The third-order valence-electron chi connectivity index (χ3n) is 1.79. The molecule has 5 nitrogen and oxygen atoms in total. The maximum absolute atomic E-state index is 10.4. The Kier molecular flexibility index (Phi) is 1.34. The van der Waals surface area contributed by atoms with Gasteiger partial charge in [-0.05, 0) is 0 Å². The number of nitrogens with zero attached hydrogens (tertiary/aromatic N) is 4. The Morgan fingerprint density at radius 3 is 3.27 bits per heavy atom. The average Bonchev–Trinajstić information content (AvgIpc) is 2.50. The molecule has 0 N–H and O–H groups in total. The smallest absolute Gasteiger partial charge is 0.210 e. The van der Waals surface area contributed by atoms with E-state index in [0.29, 0.717) is 6.54 Å². The first kappa shape index (κ1) is 6.33. The molecule has 0 aromatic carbocycles. The number of hydrogen-bond acceptors (Lipinski definition) is 3. The van der Waals surface area contributed by atoms with Crippen LogP contribution >= 0.6 is 0 Å². The van der Waals surface area contributed by atoms with E-state index in [-0.39, 0.29) is 0 Å². The van der Waals surface area contributed by atoms with Crippen molar-refractivity contribution in [2.24, 2.45) is 0 Å². The van der Waals surface area contributed by atoms with Gasteiger partial charge in [0.25, 0.3) is 0 Å². The Labute approximate surface area is 63.6 Å². The van der Waals surface area contributed by atoms with E-state index in [1.807, 2.05) is 4.68 Å². The molecule has 58 valence electrons. The second-order valence-electron chi connectivity index (χ2n) is 2.48. The molecule has 0 saturated carbocycles. The van der Waals surface area contributed by atoms with Crippen LogP contribution in [-0.2, 0) is 17.9 Å². The van der Waals surface area contributed by atoms with E-state index in [1.54, 1.807) is 4.90 Å². The van der Waals surface area contributed by atoms with Gasteiger partial charge in [-0.25, -0.2) is 9.67 Å². The maximum atomic E-state index is 10.4. The topological polar surface area (TPSA) is 51.0 Å². The highest BCUT2D eigenvalue weighted by atomic mass is 16.1. The van der Waals surface area contributed by atoms with Crippen LogP contribution in [0.15, 0.2) is 6.33 Å². The molecule has 5 heteroatoms. The largest absolute Gasteiger partial charge is 0.336 e. The normalized spacial score (nSPS) is 16.2. The first-order valence-electron chi connectivity index (χ1n) is 3.46. The zero-order valence-electron chi connectivity index (χ0n) is 5.97. The summed E-state index contributed by atoms with van der Waals surface area (Å²) in [5, 5.41) is 3.99. The molecule has 0 unspecified atom stereocenters. The highest BCUT2D eigenvalue weighted by Crippen LogP contribution is 2.04. The van der Waals surface area contributed by atoms with Gasteiger partial charge in [-0.3, -0.25) is 4.79 Å². The first-order chi connectivity index (χ1) is 5.40. The highest BCUT2D eigenvalue weighted by molar-refractivity contribution is 5.47. The molecule has 2 heterocycles. The summed E-state index contributed by atoms with van der Waals surface area (Å²) < 4.78 is 1.82. The van der Waals surface area contributed by atoms with Gasteiger partial charge in [0.15, 0.2) is 0 Å². The lowest BCUT2D eigenvalue weighted by Crippen LogP contribution is -2.33. The lowest BCUT2D eigenvalue weighted by molar-refractivity contribution is -0.119. The Bertz CT molecular complexity index is 269. The SMILES string of the molecule is O=CN1CCn2ncnc2C1. The van der Waals surface area contributed by atoms with Gasteiger partial charge in [0, 0.05) is 6.54 Å². The van der Waals surface area contributed by atoms with Crippen molar-refractivity contribution in [3.05, 3.63) is 12.2 Å². The van der Waals surface area contributed by atoms with Gasteiger partial charge in [0.05, 0.1) is 13.1 Å². The van der Waals surface area contributed by atoms with Gasteiger partial charge in [0.1, 0.15) is 12.2 Å². The summed E-state index contributed by atoms with van der Waals surface area (Å²) in [5.41, 5.74) is 0. The molecule has 0 aliphatic carbocycles. The fourth-order valence-corrected chi connectivity index (χ4v) is 1.17. The Morgan fingerprint density at radius 2 is 2.45 bits per heavy atom. The lowest BCUT2D eigenvalue weighted by atomic mass is 10.4. The molecule has 11 heavy (non-hydrogen) atoms. The number of carbonyl (C=O) groups is 1. The van der Waals surface area contributed by atoms with E-state index in [0.717, 1.165) is 25.3 Å². The van der Waals surface area contributed by atoms with Crippen LogP contribution in [0.2, 0.25) is 0 Å². The molecule has 1 amide bonds. The second kappa shape index (κ2) is 2.34. The van der Waals surface area contributed by atoms with E-state index >= 15 is 0 Å². The number of aromatic nitrogens is 3. The average molecular weight is 152 g/mol. The number of rotatable bonds is 1. The molecule has 0 saturated heterocycles. The Morgan fingerprint density at radius 1 is 1.55 bits per heavy atom. The molecule has 1 aliphatic heterocycles. The highest BCUT2D eigenvalue weighted by Gasteiger charge is 2.14. The van der Waals surface area contributed by atoms with Crippen molar-refractivity contribution in [3.8, 4) is 0 Å². The minimum Gasteiger partial charge on any atom is -0.336 e. The molecule has 2 rings (SSSR count). The van der Waals surface area contributed by atoms with E-state index in [1.165, 1.54) is 6.33 Å². The number of fused-ring (bicyclic) bond motifs is 1. The molecule has 0 spiro atoms. The molecule has 0 fully saturated rings. The summed E-state index contributed by atoms with van der Waals surface area (Å²) in [6.07, 6.45) is 2.36. The van der Waals surface area contributed by atoms with Gasteiger partial charge in [-0.1, -0.05) is 0 Å². The van der Waals surface area contributed by atoms with E-state index in [9.17, 15) is 4.79 Å². The number of amides is 1. The molecule has 0 radical (unpaired) electrons. The van der Waals surface area contributed by atoms with Gasteiger partial charge < -0.3 is 4.90 Å². The molecule has 1 aliphatic rings. The third-order valence-corrected chi connectivity index (χ3v) is 1.79. The molecular formula is C6H8N4O. The van der Waals surface area contributed by atoms with Crippen molar-refractivity contribution in [1.82, 2.24) is 19.7 Å². The zero-order chi connectivity index (χ0) is 7.68. The maximum Gasteiger partial charge on any atom is 0.210 e. The van der Waals surface area contributed by atoms with Crippen LogP contribution in [0, 0.1) is 0 Å². The van der Waals surface area contributed by atoms with Gasteiger partial charge in [-0.2, -0.15) is 5.10 Å². The van der Waals surface area contributed by atoms with Crippen molar-refractivity contribution in [3.63, 3.8) is 0 Å². The van der Waals surface area contributed by atoms with Crippen molar-refractivity contribution in [2.75, 3.05) is 6.54 Å². The predicted octanol–water partition coefficient (Wildman–Crippen LogP) is -0.750. The van der Waals surface area contributed by atoms with E-state index < -0.39 is 0 Å². The molecule has 1 aromatic rings. The second-order valence-corrected chi connectivity index (χ2v) is 2.48. The van der Waals surface area contributed by atoms with E-state index in [2.05, 4.69) is 10.1 Å². The molecular weight excluding hydrogens is 144 g/mol. The Balaban J connectivity index is 2.24. The van der Waals surface area contributed by atoms with Crippen molar-refractivity contribution in [2.45, 2.75) is 13.1 Å². The predicted molar refractivity (Wildman–Crippen MR) is 36.5 cm³/mol. The lowest BCUT2D eigenvalue weighted by Gasteiger charge is -2.22. The standard InChI is InChI=1S/C6H8N4O/c11-5-9-1-2-10-6(3-9)7-4-8-10/h4-5H,1-3H2. The fourth-order valence-electron chi connectivity index (χ4n) is 1.17. The zero-order valence-corrected chi connectivity index (χ0v) is 5.97. The van der Waals surface area contributed by atoms with Crippen molar-refractivity contribution < 1.29 is 4.79 Å². The van der Waals surface area contributed by atoms with Crippen LogP contribution in [0.4, 0.5) is 0 Å². The summed E-state index contributed by atoms with van der Waals surface area (Å²) in [7, 11) is 0. The van der Waals surface area contributed by atoms with Crippen molar-refractivity contribution >= 4 is 6.41 Å². The molecule has 1 aromatic heterocycles. The third kappa shape index (κ3) is 0.978. The summed E-state index contributed by atoms with van der Waals surface area (Å²) in [4.78, 5) is 16.1. The summed E-state index contributed by atoms with van der Waals surface area (Å²) in [6, 6.07) is 0. The number of hydrogen-bond donors (Lipinski definition) is 0. The van der Waals surface area contributed by atoms with Gasteiger partial charge >= 0.3 is 0 Å². The van der Waals surface area contributed by atoms with Crippen LogP contribution in [0.5, 0.6) is 0 Å². The fraction of sp³-hybridized carbons (Fsp3) is 0.500. The van der Waals surface area contributed by atoms with Crippen molar-refractivity contribution in [1.29, 1.82) is 0 Å². The van der Waals surface area contributed by atoms with Gasteiger partial charge in [-0.15, -0.1) is 0 Å². The molecule has 0 atom stereocenters. The Hall–Kier alpha value is -1.39. The van der Waals surface area contributed by atoms with Crippen LogP contribution in [0.25, 0.3) is 0 Å². The van der Waals surface area contributed by atoms with Crippen LogP contribution in [0.3, 0.4) is 0 Å². The molecule has 0 bridgehead atoms. The van der Waals surface area contributed by atoms with Crippen LogP contribution < -0.4 is 0 Å². The first-order valence-corrected chi connectivity index (χ1v) is 3.46. The monoisotopic (exact) mass is 152 g/mol. The quantitative estimate of drug-likeness (QED) is 0.497. The van der Waals surface area contributed by atoms with Crippen LogP contribution in [-0.4, -0.2) is 32.6 Å². The van der Waals surface area contributed by atoms with E-state index in [4.69, 9.17) is 0 Å². The minimum atomic E-state index is 0.587. The van der Waals surface area contributed by atoms with Gasteiger partial charge in [0.2, 0.25) is 6.41 Å².